The smallest absolute Gasteiger partial charge is 0.289 e. The fourth-order valence-corrected chi connectivity index (χ4v) is 4.15. The van der Waals surface area contributed by atoms with Crippen LogP contribution in [0.25, 0.3) is 21.7 Å². The molecule has 0 unspecified atom stereocenters. The molecule has 30 heavy (non-hydrogen) atoms. The van der Waals surface area contributed by atoms with Gasteiger partial charge in [-0.3, -0.25) is 14.6 Å². The number of hydrogen-bond acceptors (Lipinski definition) is 4. The van der Waals surface area contributed by atoms with E-state index >= 15 is 0 Å². The molecule has 1 aliphatic heterocycles. The number of hydrogen-bond donors (Lipinski definition) is 1. The fraction of sp³-hybridized carbons (Fsp3) is 0.208. The Morgan fingerprint density at radius 3 is 2.60 bits per heavy atom. The molecule has 0 radical (unpaired) electrons. The number of carbonyl (C=O) groups excluding carboxylic acids is 2. The fourth-order valence-electron chi connectivity index (χ4n) is 4.15. The summed E-state index contributed by atoms with van der Waals surface area (Å²) in [7, 11) is 0. The van der Waals surface area contributed by atoms with Crippen LogP contribution in [0.15, 0.2) is 71.5 Å². The first-order valence-corrected chi connectivity index (χ1v) is 10.1. The number of pyridine rings is 1. The summed E-state index contributed by atoms with van der Waals surface area (Å²) in [5.74, 6) is 0.126. The Morgan fingerprint density at radius 1 is 1.00 bits per heavy atom. The lowest BCUT2D eigenvalue weighted by molar-refractivity contribution is 0.0667. The molecule has 0 atom stereocenters. The number of furan rings is 1. The maximum absolute atomic E-state index is 13.1. The minimum Gasteiger partial charge on any atom is -0.459 e. The van der Waals surface area contributed by atoms with Gasteiger partial charge in [0.05, 0.1) is 17.3 Å². The molecule has 5 rings (SSSR count). The highest BCUT2D eigenvalue weighted by atomic mass is 16.3. The normalized spacial score (nSPS) is 14.9. The third-order valence-electron chi connectivity index (χ3n) is 5.71. The molecule has 1 aliphatic rings. The van der Waals surface area contributed by atoms with E-state index in [1.54, 1.807) is 23.2 Å². The topological polar surface area (TPSA) is 75.4 Å². The molecule has 0 bridgehead atoms. The highest BCUT2D eigenvalue weighted by Gasteiger charge is 2.26. The molecule has 2 aromatic carbocycles. The lowest BCUT2D eigenvalue weighted by Crippen LogP contribution is -2.46. The molecular weight excluding hydrogens is 378 g/mol. The maximum atomic E-state index is 13.1. The first-order chi connectivity index (χ1) is 14.7. The quantitative estimate of drug-likeness (QED) is 0.528. The van der Waals surface area contributed by atoms with Crippen LogP contribution in [0.1, 0.15) is 33.8 Å². The number of fused-ring (bicyclic) bond motifs is 3. The average molecular weight is 399 g/mol. The van der Waals surface area contributed by atoms with Crippen molar-refractivity contribution < 1.29 is 14.0 Å². The highest BCUT2D eigenvalue weighted by Crippen LogP contribution is 2.27. The van der Waals surface area contributed by atoms with E-state index < -0.39 is 0 Å². The minimum absolute atomic E-state index is 0.0170. The van der Waals surface area contributed by atoms with Crippen LogP contribution >= 0.6 is 0 Å². The van der Waals surface area contributed by atoms with Crippen molar-refractivity contribution in [3.8, 4) is 0 Å². The number of nitrogens with zero attached hydrogens (tertiary/aromatic N) is 2. The van der Waals surface area contributed by atoms with Crippen LogP contribution in [-0.4, -0.2) is 40.8 Å². The van der Waals surface area contributed by atoms with Gasteiger partial charge in [-0.25, -0.2) is 0 Å². The monoisotopic (exact) mass is 399 g/mol. The molecule has 0 aliphatic carbocycles. The molecule has 2 amide bonds. The number of benzene rings is 2. The third-order valence-corrected chi connectivity index (χ3v) is 5.71. The Balaban J connectivity index is 1.34. The molecule has 6 nitrogen and oxygen atoms in total. The van der Waals surface area contributed by atoms with Gasteiger partial charge in [0, 0.05) is 30.7 Å². The van der Waals surface area contributed by atoms with Crippen LogP contribution in [-0.2, 0) is 0 Å². The van der Waals surface area contributed by atoms with E-state index in [1.165, 1.54) is 6.26 Å². The molecule has 3 heterocycles. The standard InChI is InChI=1S/C24H21N3O3/c28-23(26-17-9-12-27(13-10-17)24(29)21-8-4-14-30-21)20-15-16-5-1-2-6-18(16)19-7-3-11-25-22(19)20/h1-8,11,14-15,17H,9-10,12-13H2,(H,26,28). The zero-order valence-corrected chi connectivity index (χ0v) is 16.4. The summed E-state index contributed by atoms with van der Waals surface area (Å²) < 4.78 is 5.21. The van der Waals surface area contributed by atoms with Gasteiger partial charge < -0.3 is 14.6 Å². The summed E-state index contributed by atoms with van der Waals surface area (Å²) in [6.45, 7) is 1.17. The van der Waals surface area contributed by atoms with Crippen LogP contribution in [0, 0.1) is 0 Å². The molecule has 0 saturated carbocycles. The predicted octanol–water partition coefficient (Wildman–Crippen LogP) is 4.02. The van der Waals surface area contributed by atoms with Crippen molar-refractivity contribution in [2.75, 3.05) is 13.1 Å². The van der Waals surface area contributed by atoms with Crippen molar-refractivity contribution in [2.45, 2.75) is 18.9 Å². The number of piperidine rings is 1. The maximum Gasteiger partial charge on any atom is 0.289 e. The molecule has 0 spiro atoms. The molecule has 6 heteroatoms. The second kappa shape index (κ2) is 7.63. The first-order valence-electron chi connectivity index (χ1n) is 10.1. The van der Waals surface area contributed by atoms with Gasteiger partial charge in [-0.2, -0.15) is 0 Å². The molecule has 1 N–H and O–H groups in total. The van der Waals surface area contributed by atoms with E-state index in [4.69, 9.17) is 4.42 Å². The molecule has 2 aromatic heterocycles. The van der Waals surface area contributed by atoms with Crippen molar-refractivity contribution in [2.24, 2.45) is 0 Å². The molecule has 150 valence electrons. The van der Waals surface area contributed by atoms with Crippen molar-refractivity contribution >= 4 is 33.5 Å². The lowest BCUT2D eigenvalue weighted by atomic mass is 9.99. The van der Waals surface area contributed by atoms with Gasteiger partial charge in [-0.15, -0.1) is 0 Å². The van der Waals surface area contributed by atoms with Crippen LogP contribution in [0.5, 0.6) is 0 Å². The summed E-state index contributed by atoms with van der Waals surface area (Å²) in [5, 5.41) is 6.22. The first kappa shape index (κ1) is 18.4. The summed E-state index contributed by atoms with van der Waals surface area (Å²) in [6, 6.07) is 17.2. The SMILES string of the molecule is O=C(NC1CCN(C(=O)c2ccco2)CC1)c1cc2ccccc2c2cccnc12. The average Bonchev–Trinajstić information content (AvgIpc) is 3.33. The van der Waals surface area contributed by atoms with E-state index in [0.717, 1.165) is 16.2 Å². The number of likely N-dealkylation sites (tertiary alicyclic amines) is 1. The molecular formula is C24H21N3O3. The Hall–Kier alpha value is -3.67. The van der Waals surface area contributed by atoms with Gasteiger partial charge in [0.25, 0.3) is 11.8 Å². The van der Waals surface area contributed by atoms with Crippen molar-refractivity contribution in [3.05, 3.63) is 78.4 Å². The van der Waals surface area contributed by atoms with Gasteiger partial charge >= 0.3 is 0 Å². The van der Waals surface area contributed by atoms with E-state index in [0.29, 0.717) is 42.8 Å². The van der Waals surface area contributed by atoms with Crippen LogP contribution in [0.4, 0.5) is 0 Å². The largest absolute Gasteiger partial charge is 0.459 e. The summed E-state index contributed by atoms with van der Waals surface area (Å²) in [4.78, 5) is 31.8. The Bertz CT molecular complexity index is 1230. The summed E-state index contributed by atoms with van der Waals surface area (Å²) in [5.41, 5.74) is 1.29. The second-order valence-corrected chi connectivity index (χ2v) is 7.56. The van der Waals surface area contributed by atoms with E-state index in [2.05, 4.69) is 10.3 Å². The van der Waals surface area contributed by atoms with Gasteiger partial charge in [0.1, 0.15) is 0 Å². The number of rotatable bonds is 3. The predicted molar refractivity (Wildman–Crippen MR) is 114 cm³/mol. The van der Waals surface area contributed by atoms with Gasteiger partial charge in [0.2, 0.25) is 0 Å². The summed E-state index contributed by atoms with van der Waals surface area (Å²) >= 11 is 0. The molecule has 1 fully saturated rings. The number of amides is 2. The number of nitrogens with one attached hydrogen (secondary N) is 1. The van der Waals surface area contributed by atoms with E-state index in [1.807, 2.05) is 42.5 Å². The highest BCUT2D eigenvalue weighted by molar-refractivity contribution is 6.15. The van der Waals surface area contributed by atoms with Crippen molar-refractivity contribution in [1.82, 2.24) is 15.2 Å². The van der Waals surface area contributed by atoms with Gasteiger partial charge in [-0.1, -0.05) is 30.3 Å². The van der Waals surface area contributed by atoms with E-state index in [-0.39, 0.29) is 17.9 Å². The zero-order chi connectivity index (χ0) is 20.5. The third kappa shape index (κ3) is 3.30. The Morgan fingerprint density at radius 2 is 1.80 bits per heavy atom. The second-order valence-electron chi connectivity index (χ2n) is 7.56. The molecule has 4 aromatic rings. The zero-order valence-electron chi connectivity index (χ0n) is 16.4. The van der Waals surface area contributed by atoms with Gasteiger partial charge in [-0.05, 0) is 47.9 Å². The number of aromatic nitrogens is 1. The van der Waals surface area contributed by atoms with Crippen LogP contribution < -0.4 is 5.32 Å². The van der Waals surface area contributed by atoms with Crippen molar-refractivity contribution in [3.63, 3.8) is 0 Å². The Kier molecular flexibility index (Phi) is 4.67. The minimum atomic E-state index is -0.125. The lowest BCUT2D eigenvalue weighted by Gasteiger charge is -2.32. The number of carbonyl (C=O) groups is 2. The molecule has 1 saturated heterocycles. The Labute approximate surface area is 173 Å². The van der Waals surface area contributed by atoms with Crippen molar-refractivity contribution in [1.29, 1.82) is 0 Å². The van der Waals surface area contributed by atoms with Crippen LogP contribution in [0.3, 0.4) is 0 Å². The van der Waals surface area contributed by atoms with E-state index in [9.17, 15) is 9.59 Å². The summed E-state index contributed by atoms with van der Waals surface area (Å²) in [6.07, 6.45) is 4.63. The van der Waals surface area contributed by atoms with Gasteiger partial charge in [0.15, 0.2) is 5.76 Å². The van der Waals surface area contributed by atoms with Crippen LogP contribution in [0.2, 0.25) is 0 Å².